The fraction of sp³-hybridized carbons (Fsp3) is 0.462. The molecule has 104 valence electrons. The first-order chi connectivity index (χ1) is 8.97. The van der Waals surface area contributed by atoms with Crippen molar-refractivity contribution in [2.45, 2.75) is 19.3 Å². The molecule has 0 unspecified atom stereocenters. The zero-order valence-electron chi connectivity index (χ0n) is 10.2. The summed E-state index contributed by atoms with van der Waals surface area (Å²) in [6.07, 6.45) is 2.57. The first-order valence-corrected chi connectivity index (χ1v) is 6.84. The van der Waals surface area contributed by atoms with Gasteiger partial charge in [-0.05, 0) is 52.7 Å². The molecule has 0 bridgehead atoms. The van der Waals surface area contributed by atoms with Gasteiger partial charge in [-0.2, -0.15) is 0 Å². The second-order valence-corrected chi connectivity index (χ2v) is 5.79. The van der Waals surface area contributed by atoms with Crippen molar-refractivity contribution in [1.29, 1.82) is 0 Å². The average Bonchev–Trinajstić information content (AvgIpc) is 3.12. The molecule has 0 aliphatic heterocycles. The molecule has 0 spiro atoms. The van der Waals surface area contributed by atoms with E-state index in [1.807, 2.05) is 0 Å². The van der Waals surface area contributed by atoms with E-state index in [0.717, 1.165) is 25.0 Å². The summed E-state index contributed by atoms with van der Waals surface area (Å²) in [5.41, 5.74) is -0.114. The maximum atomic E-state index is 13.2. The van der Waals surface area contributed by atoms with Crippen LogP contribution in [0.4, 0.5) is 4.39 Å². The van der Waals surface area contributed by atoms with E-state index in [9.17, 15) is 14.3 Å². The molecule has 1 aromatic rings. The van der Waals surface area contributed by atoms with Gasteiger partial charge in [-0.15, -0.1) is 0 Å². The van der Waals surface area contributed by atoms with Gasteiger partial charge in [0.2, 0.25) is 0 Å². The Bertz CT molecular complexity index is 503. The van der Waals surface area contributed by atoms with Crippen LogP contribution in [0.15, 0.2) is 16.6 Å². The third-order valence-electron chi connectivity index (χ3n) is 3.50. The van der Waals surface area contributed by atoms with Crippen molar-refractivity contribution in [2.24, 2.45) is 5.41 Å². The Kier molecular flexibility index (Phi) is 4.10. The lowest BCUT2D eigenvalue weighted by atomic mass is 10.0. The number of amides is 1. The number of benzene rings is 1. The summed E-state index contributed by atoms with van der Waals surface area (Å²) in [6.45, 7) is 0.520. The number of phenols is 1. The fourth-order valence-corrected chi connectivity index (χ4v) is 2.46. The number of carbonyl (C=O) groups is 1. The van der Waals surface area contributed by atoms with Crippen molar-refractivity contribution >= 4 is 21.8 Å². The fourth-order valence-electron chi connectivity index (χ4n) is 2.03. The summed E-state index contributed by atoms with van der Waals surface area (Å²) in [7, 11) is 0. The molecule has 1 aliphatic rings. The third kappa shape index (κ3) is 3.25. The van der Waals surface area contributed by atoms with Crippen LogP contribution in [0.2, 0.25) is 0 Å². The van der Waals surface area contributed by atoms with E-state index in [1.54, 1.807) is 0 Å². The number of aromatic hydroxyl groups is 1. The van der Waals surface area contributed by atoms with Crippen LogP contribution < -0.4 is 5.32 Å². The maximum Gasteiger partial charge on any atom is 0.255 e. The monoisotopic (exact) mass is 331 g/mol. The topological polar surface area (TPSA) is 69.6 Å². The predicted molar refractivity (Wildman–Crippen MR) is 71.5 cm³/mol. The largest absolute Gasteiger partial charge is 0.506 e. The van der Waals surface area contributed by atoms with Gasteiger partial charge in [0.05, 0.1) is 10.0 Å². The van der Waals surface area contributed by atoms with Crippen LogP contribution in [0, 0.1) is 11.2 Å². The molecule has 1 aromatic carbocycles. The maximum absolute atomic E-state index is 13.2. The van der Waals surface area contributed by atoms with E-state index in [2.05, 4.69) is 21.2 Å². The Balaban J connectivity index is 2.04. The van der Waals surface area contributed by atoms with Gasteiger partial charge >= 0.3 is 0 Å². The Morgan fingerprint density at radius 3 is 2.74 bits per heavy atom. The highest BCUT2D eigenvalue weighted by Gasteiger charge is 2.42. The van der Waals surface area contributed by atoms with Crippen molar-refractivity contribution in [1.82, 2.24) is 5.32 Å². The Morgan fingerprint density at radius 2 is 2.16 bits per heavy atom. The molecule has 1 fully saturated rings. The lowest BCUT2D eigenvalue weighted by Crippen LogP contribution is -2.30. The summed E-state index contributed by atoms with van der Waals surface area (Å²) >= 11 is 2.99. The predicted octanol–water partition coefficient (Wildman–Crippen LogP) is 2.19. The Labute approximate surface area is 118 Å². The molecule has 4 nitrogen and oxygen atoms in total. The van der Waals surface area contributed by atoms with E-state index < -0.39 is 11.7 Å². The second-order valence-electron chi connectivity index (χ2n) is 4.94. The van der Waals surface area contributed by atoms with Gasteiger partial charge in [0, 0.05) is 13.2 Å². The quantitative estimate of drug-likeness (QED) is 0.774. The molecule has 1 saturated carbocycles. The SMILES string of the molecule is O=C(NCC1(CCO)CC1)c1cc(F)cc(Br)c1O. The molecule has 1 aliphatic carbocycles. The third-order valence-corrected chi connectivity index (χ3v) is 4.10. The van der Waals surface area contributed by atoms with Gasteiger partial charge in [0.25, 0.3) is 5.91 Å². The summed E-state index contributed by atoms with van der Waals surface area (Å²) in [4.78, 5) is 11.9. The van der Waals surface area contributed by atoms with Crippen LogP contribution in [-0.4, -0.2) is 29.3 Å². The summed E-state index contributed by atoms with van der Waals surface area (Å²) in [5.74, 6) is -1.38. The molecule has 0 atom stereocenters. The van der Waals surface area contributed by atoms with Gasteiger partial charge in [0.1, 0.15) is 11.6 Å². The molecule has 19 heavy (non-hydrogen) atoms. The first kappa shape index (κ1) is 14.3. The smallest absolute Gasteiger partial charge is 0.255 e. The van der Waals surface area contributed by atoms with E-state index in [0.29, 0.717) is 13.0 Å². The lowest BCUT2D eigenvalue weighted by Gasteiger charge is -2.15. The number of nitrogens with one attached hydrogen (secondary N) is 1. The van der Waals surface area contributed by atoms with Gasteiger partial charge in [-0.1, -0.05) is 0 Å². The van der Waals surface area contributed by atoms with E-state index in [1.165, 1.54) is 0 Å². The average molecular weight is 332 g/mol. The highest BCUT2D eigenvalue weighted by molar-refractivity contribution is 9.10. The lowest BCUT2D eigenvalue weighted by molar-refractivity contribution is 0.0937. The number of hydrogen-bond acceptors (Lipinski definition) is 3. The van der Waals surface area contributed by atoms with Crippen molar-refractivity contribution < 1.29 is 19.4 Å². The van der Waals surface area contributed by atoms with Crippen molar-refractivity contribution in [3.63, 3.8) is 0 Å². The number of halogens is 2. The molecule has 0 radical (unpaired) electrons. The molecule has 2 rings (SSSR count). The van der Waals surface area contributed by atoms with Crippen LogP contribution in [-0.2, 0) is 0 Å². The number of phenolic OH excluding ortho intramolecular Hbond substituents is 1. The van der Waals surface area contributed by atoms with Crippen LogP contribution in [0.1, 0.15) is 29.6 Å². The summed E-state index contributed by atoms with van der Waals surface area (Å²) in [5, 5.41) is 21.3. The highest BCUT2D eigenvalue weighted by atomic mass is 79.9. The van der Waals surface area contributed by atoms with Crippen LogP contribution in [0.25, 0.3) is 0 Å². The molecule has 0 heterocycles. The van der Waals surface area contributed by atoms with Crippen molar-refractivity contribution in [3.05, 3.63) is 28.0 Å². The zero-order chi connectivity index (χ0) is 14.0. The number of hydrogen-bond donors (Lipinski definition) is 3. The molecule has 6 heteroatoms. The first-order valence-electron chi connectivity index (χ1n) is 6.04. The molecular weight excluding hydrogens is 317 g/mol. The second kappa shape index (κ2) is 5.46. The Morgan fingerprint density at radius 1 is 1.47 bits per heavy atom. The zero-order valence-corrected chi connectivity index (χ0v) is 11.8. The minimum Gasteiger partial charge on any atom is -0.506 e. The molecule has 3 N–H and O–H groups in total. The molecular formula is C13H15BrFNO3. The van der Waals surface area contributed by atoms with Crippen LogP contribution in [0.5, 0.6) is 5.75 Å². The summed E-state index contributed by atoms with van der Waals surface area (Å²) in [6, 6.07) is 2.10. The number of carbonyl (C=O) groups excluding carboxylic acids is 1. The van der Waals surface area contributed by atoms with Crippen LogP contribution in [0.3, 0.4) is 0 Å². The minimum atomic E-state index is -0.591. The van der Waals surface area contributed by atoms with Gasteiger partial charge in [-0.3, -0.25) is 4.79 Å². The number of aliphatic hydroxyl groups is 1. The van der Waals surface area contributed by atoms with Gasteiger partial charge in [-0.25, -0.2) is 4.39 Å². The Hall–Kier alpha value is -1.14. The van der Waals surface area contributed by atoms with Crippen molar-refractivity contribution in [3.8, 4) is 5.75 Å². The van der Waals surface area contributed by atoms with E-state index in [-0.39, 0.29) is 27.8 Å². The molecule has 1 amide bonds. The summed E-state index contributed by atoms with van der Waals surface area (Å²) < 4.78 is 13.4. The highest BCUT2D eigenvalue weighted by Crippen LogP contribution is 2.48. The van der Waals surface area contributed by atoms with E-state index >= 15 is 0 Å². The van der Waals surface area contributed by atoms with Gasteiger partial charge < -0.3 is 15.5 Å². The number of aliphatic hydroxyl groups excluding tert-OH is 1. The van der Waals surface area contributed by atoms with Gasteiger partial charge in [0.15, 0.2) is 0 Å². The molecule has 0 aromatic heterocycles. The van der Waals surface area contributed by atoms with E-state index in [4.69, 9.17) is 5.11 Å². The normalized spacial score (nSPS) is 16.2. The van der Waals surface area contributed by atoms with Crippen LogP contribution >= 0.6 is 15.9 Å². The molecule has 0 saturated heterocycles. The number of rotatable bonds is 5. The minimum absolute atomic E-state index is 0.0232. The van der Waals surface area contributed by atoms with Crippen molar-refractivity contribution in [2.75, 3.05) is 13.2 Å². The standard InChI is InChI=1S/C13H15BrFNO3/c14-10-6-8(15)5-9(11(10)18)12(19)16-7-13(1-2-13)3-4-17/h5-6,17-18H,1-4,7H2,(H,16,19).